The summed E-state index contributed by atoms with van der Waals surface area (Å²) in [5.74, 6) is 0.978. The number of benzene rings is 8. The van der Waals surface area contributed by atoms with E-state index >= 15 is 0 Å². The minimum absolute atomic E-state index is 0.978. The Labute approximate surface area is 280 Å². The van der Waals surface area contributed by atoms with E-state index in [4.69, 9.17) is 4.98 Å². The molecule has 0 saturated heterocycles. The Morgan fingerprint density at radius 1 is 0.396 bits per heavy atom. The smallest absolute Gasteiger partial charge is 0.111 e. The number of nitrogens with zero attached hydrogens (tertiary/aromatic N) is 2. The molecule has 0 unspecified atom stereocenters. The second-order valence-electron chi connectivity index (χ2n) is 12.4. The molecule has 0 aliphatic heterocycles. The van der Waals surface area contributed by atoms with E-state index in [1.165, 1.54) is 66.1 Å². The van der Waals surface area contributed by atoms with E-state index in [2.05, 4.69) is 187 Å². The lowest BCUT2D eigenvalue weighted by Gasteiger charge is -2.20. The molecule has 0 spiro atoms. The average Bonchev–Trinajstić information content (AvgIpc) is 3.49. The van der Waals surface area contributed by atoms with Crippen molar-refractivity contribution in [1.82, 2.24) is 9.55 Å². The number of aryl methyl sites for hydroxylation is 1. The quantitative estimate of drug-likeness (QED) is 0.177. The van der Waals surface area contributed by atoms with Crippen molar-refractivity contribution in [1.29, 1.82) is 0 Å². The predicted molar refractivity (Wildman–Crippen MR) is 203 cm³/mol. The van der Waals surface area contributed by atoms with Crippen molar-refractivity contribution in [3.63, 3.8) is 0 Å². The Kier molecular flexibility index (Phi) is 6.72. The maximum atomic E-state index is 5.04. The van der Waals surface area contributed by atoms with Gasteiger partial charge in [-0.25, -0.2) is 4.98 Å². The lowest BCUT2D eigenvalue weighted by atomic mass is 9.83. The highest BCUT2D eigenvalue weighted by atomic mass is 15.1. The molecule has 0 aliphatic carbocycles. The average molecular weight is 613 g/mol. The first-order chi connectivity index (χ1) is 23.7. The second kappa shape index (κ2) is 11.5. The summed E-state index contributed by atoms with van der Waals surface area (Å²) in [6, 6.07) is 63.4. The Morgan fingerprint density at radius 2 is 0.917 bits per heavy atom. The van der Waals surface area contributed by atoms with Gasteiger partial charge >= 0.3 is 0 Å². The number of para-hydroxylation sites is 1. The molecule has 0 fully saturated rings. The van der Waals surface area contributed by atoms with Gasteiger partial charge < -0.3 is 0 Å². The molecule has 0 atom stereocenters. The van der Waals surface area contributed by atoms with Crippen LogP contribution in [-0.2, 0) is 0 Å². The van der Waals surface area contributed by atoms with Gasteiger partial charge in [-0.15, -0.1) is 0 Å². The molecule has 8 aromatic carbocycles. The van der Waals surface area contributed by atoms with Crippen molar-refractivity contribution in [2.75, 3.05) is 0 Å². The summed E-state index contributed by atoms with van der Waals surface area (Å²) in [6.45, 7) is 2.08. The van der Waals surface area contributed by atoms with Crippen LogP contribution in [0.25, 0.3) is 82.8 Å². The van der Waals surface area contributed by atoms with Crippen LogP contribution in [0.1, 0.15) is 5.82 Å². The van der Waals surface area contributed by atoms with Gasteiger partial charge in [0.2, 0.25) is 0 Å². The topological polar surface area (TPSA) is 17.8 Å². The zero-order valence-electron chi connectivity index (χ0n) is 26.6. The van der Waals surface area contributed by atoms with Crippen molar-refractivity contribution in [3.8, 4) is 50.2 Å². The van der Waals surface area contributed by atoms with E-state index in [0.717, 1.165) is 22.5 Å². The molecule has 1 heterocycles. The van der Waals surface area contributed by atoms with Gasteiger partial charge in [-0.2, -0.15) is 0 Å². The summed E-state index contributed by atoms with van der Waals surface area (Å²) in [6.07, 6.45) is 0. The molecule has 48 heavy (non-hydrogen) atoms. The molecule has 0 aliphatic rings. The van der Waals surface area contributed by atoms with Gasteiger partial charge in [0.1, 0.15) is 5.82 Å². The van der Waals surface area contributed by atoms with Gasteiger partial charge in [-0.05, 0) is 103 Å². The van der Waals surface area contributed by atoms with Crippen molar-refractivity contribution in [2.45, 2.75) is 6.92 Å². The zero-order valence-corrected chi connectivity index (χ0v) is 26.6. The van der Waals surface area contributed by atoms with Crippen molar-refractivity contribution in [2.24, 2.45) is 0 Å². The fourth-order valence-electron chi connectivity index (χ4n) is 7.42. The molecule has 0 amide bonds. The fourth-order valence-corrected chi connectivity index (χ4v) is 7.42. The largest absolute Gasteiger partial charge is 0.297 e. The standard InChI is InChI=1S/C46H32N2/c1-31-47-43-30-35(26-28-44(43)48(31)36-19-9-4-10-20-36)45-37-21-11-13-23-39(37)46(40-24-14-12-22-38(40)45)41-27-25-34(32-15-5-2-6-16-32)29-42(41)33-17-7-3-8-18-33/h2-30H,1H3. The number of fused-ring (bicyclic) bond motifs is 3. The van der Waals surface area contributed by atoms with E-state index in [0.29, 0.717) is 0 Å². The predicted octanol–water partition coefficient (Wildman–Crippen LogP) is 12.3. The first kappa shape index (κ1) is 28.0. The number of hydrogen-bond acceptors (Lipinski definition) is 1. The zero-order chi connectivity index (χ0) is 32.0. The molecule has 2 nitrogen and oxygen atoms in total. The number of aromatic nitrogens is 2. The van der Waals surface area contributed by atoms with Gasteiger partial charge in [-0.3, -0.25) is 4.57 Å². The van der Waals surface area contributed by atoms with Crippen LogP contribution >= 0.6 is 0 Å². The molecule has 226 valence electrons. The van der Waals surface area contributed by atoms with Crippen LogP contribution in [0.3, 0.4) is 0 Å². The lowest BCUT2D eigenvalue weighted by Crippen LogP contribution is -1.96. The molecule has 0 saturated carbocycles. The fraction of sp³-hybridized carbons (Fsp3) is 0.0217. The Morgan fingerprint density at radius 3 is 1.54 bits per heavy atom. The minimum atomic E-state index is 0.978. The van der Waals surface area contributed by atoms with E-state index in [1.807, 2.05) is 0 Å². The molecule has 0 N–H and O–H groups in total. The lowest BCUT2D eigenvalue weighted by molar-refractivity contribution is 1.00. The van der Waals surface area contributed by atoms with E-state index in [9.17, 15) is 0 Å². The molecule has 0 radical (unpaired) electrons. The molecular weight excluding hydrogens is 581 g/mol. The third kappa shape index (κ3) is 4.61. The van der Waals surface area contributed by atoms with Crippen LogP contribution in [-0.4, -0.2) is 9.55 Å². The summed E-state index contributed by atoms with van der Waals surface area (Å²) in [5.41, 5.74) is 13.0. The van der Waals surface area contributed by atoms with Crippen molar-refractivity contribution >= 4 is 32.6 Å². The second-order valence-corrected chi connectivity index (χ2v) is 12.4. The molecular formula is C46H32N2. The van der Waals surface area contributed by atoms with Crippen molar-refractivity contribution in [3.05, 3.63) is 182 Å². The third-order valence-electron chi connectivity index (χ3n) is 9.54. The summed E-state index contributed by atoms with van der Waals surface area (Å²) in [4.78, 5) is 5.04. The molecule has 9 aromatic rings. The van der Waals surface area contributed by atoms with Crippen LogP contribution in [0, 0.1) is 6.92 Å². The van der Waals surface area contributed by atoms with Gasteiger partial charge in [0, 0.05) is 5.69 Å². The summed E-state index contributed by atoms with van der Waals surface area (Å²) < 4.78 is 2.24. The summed E-state index contributed by atoms with van der Waals surface area (Å²) >= 11 is 0. The highest BCUT2D eigenvalue weighted by Crippen LogP contribution is 2.47. The monoisotopic (exact) mass is 612 g/mol. The summed E-state index contributed by atoms with van der Waals surface area (Å²) in [5, 5.41) is 4.94. The van der Waals surface area contributed by atoms with Crippen LogP contribution in [0.5, 0.6) is 0 Å². The van der Waals surface area contributed by atoms with E-state index in [-0.39, 0.29) is 0 Å². The Hall–Kier alpha value is -6.25. The van der Waals surface area contributed by atoms with Crippen LogP contribution < -0.4 is 0 Å². The first-order valence-electron chi connectivity index (χ1n) is 16.5. The Balaban J connectivity index is 1.31. The molecule has 2 heteroatoms. The van der Waals surface area contributed by atoms with Crippen LogP contribution in [0.2, 0.25) is 0 Å². The van der Waals surface area contributed by atoms with Crippen LogP contribution in [0.15, 0.2) is 176 Å². The van der Waals surface area contributed by atoms with Gasteiger partial charge in [0.05, 0.1) is 11.0 Å². The van der Waals surface area contributed by atoms with Gasteiger partial charge in [0.15, 0.2) is 0 Å². The molecule has 1 aromatic heterocycles. The number of imidazole rings is 1. The molecule has 9 rings (SSSR count). The Bertz CT molecular complexity index is 2540. The minimum Gasteiger partial charge on any atom is -0.297 e. The van der Waals surface area contributed by atoms with Gasteiger partial charge in [0.25, 0.3) is 0 Å². The number of hydrogen-bond donors (Lipinski definition) is 0. The van der Waals surface area contributed by atoms with E-state index in [1.54, 1.807) is 0 Å². The summed E-state index contributed by atoms with van der Waals surface area (Å²) in [7, 11) is 0. The number of rotatable bonds is 5. The maximum absolute atomic E-state index is 5.04. The highest BCUT2D eigenvalue weighted by molar-refractivity contribution is 6.22. The third-order valence-corrected chi connectivity index (χ3v) is 9.54. The van der Waals surface area contributed by atoms with Crippen LogP contribution in [0.4, 0.5) is 0 Å². The van der Waals surface area contributed by atoms with Crippen molar-refractivity contribution < 1.29 is 0 Å². The SMILES string of the molecule is Cc1nc2cc(-c3c4ccccc4c(-c4ccc(-c5ccccc5)cc4-c4ccccc4)c4ccccc34)ccc2n1-c1ccccc1. The first-order valence-corrected chi connectivity index (χ1v) is 16.5. The van der Waals surface area contributed by atoms with E-state index < -0.39 is 0 Å². The molecule has 0 bridgehead atoms. The maximum Gasteiger partial charge on any atom is 0.111 e. The normalized spacial score (nSPS) is 11.4. The van der Waals surface area contributed by atoms with Gasteiger partial charge in [-0.1, -0.05) is 146 Å². The highest BCUT2D eigenvalue weighted by Gasteiger charge is 2.20.